The van der Waals surface area contributed by atoms with E-state index in [0.717, 1.165) is 0 Å². The zero-order valence-electron chi connectivity index (χ0n) is 13.3. The third kappa shape index (κ3) is 6.46. The SMILES string of the molecule is COc1ccc(OCC(=O)N/N=C\c2ccc(OC(F)F)cc2)cc1. The summed E-state index contributed by atoms with van der Waals surface area (Å²) in [4.78, 5) is 11.6. The maximum atomic E-state index is 12.0. The molecule has 132 valence electrons. The van der Waals surface area contributed by atoms with Gasteiger partial charge in [-0.2, -0.15) is 13.9 Å². The van der Waals surface area contributed by atoms with E-state index in [1.54, 1.807) is 31.4 Å². The Kier molecular flexibility index (Phi) is 6.70. The average molecular weight is 350 g/mol. The van der Waals surface area contributed by atoms with E-state index in [1.165, 1.54) is 30.5 Å². The summed E-state index contributed by atoms with van der Waals surface area (Å²) in [5.41, 5.74) is 2.91. The molecular weight excluding hydrogens is 334 g/mol. The van der Waals surface area contributed by atoms with Crippen LogP contribution in [0.2, 0.25) is 0 Å². The molecule has 0 heterocycles. The Morgan fingerprint density at radius 2 is 1.68 bits per heavy atom. The van der Waals surface area contributed by atoms with Gasteiger partial charge in [-0.05, 0) is 54.1 Å². The predicted octanol–water partition coefficient (Wildman–Crippen LogP) is 2.83. The number of amides is 1. The lowest BCUT2D eigenvalue weighted by Gasteiger charge is -2.06. The molecule has 0 aliphatic heterocycles. The van der Waals surface area contributed by atoms with Crippen molar-refractivity contribution in [2.24, 2.45) is 5.10 Å². The molecule has 8 heteroatoms. The third-order valence-electron chi connectivity index (χ3n) is 2.94. The minimum atomic E-state index is -2.87. The van der Waals surface area contributed by atoms with Crippen molar-refractivity contribution >= 4 is 12.1 Å². The van der Waals surface area contributed by atoms with Crippen LogP contribution in [0, 0.1) is 0 Å². The zero-order chi connectivity index (χ0) is 18.1. The number of carbonyl (C=O) groups is 1. The largest absolute Gasteiger partial charge is 0.497 e. The van der Waals surface area contributed by atoms with E-state index in [4.69, 9.17) is 9.47 Å². The highest BCUT2D eigenvalue weighted by Crippen LogP contribution is 2.16. The number of hydrazone groups is 1. The Morgan fingerprint density at radius 3 is 2.28 bits per heavy atom. The van der Waals surface area contributed by atoms with E-state index in [2.05, 4.69) is 15.3 Å². The predicted molar refractivity (Wildman–Crippen MR) is 87.3 cm³/mol. The molecule has 0 atom stereocenters. The topological polar surface area (TPSA) is 69.2 Å². The number of halogens is 2. The van der Waals surface area contributed by atoms with E-state index < -0.39 is 12.5 Å². The summed E-state index contributed by atoms with van der Waals surface area (Å²) in [6.45, 7) is -3.07. The number of ether oxygens (including phenoxy) is 3. The molecule has 0 saturated heterocycles. The van der Waals surface area contributed by atoms with Crippen LogP contribution in [0.5, 0.6) is 17.2 Å². The first-order valence-corrected chi connectivity index (χ1v) is 7.20. The average Bonchev–Trinajstić information content (AvgIpc) is 2.61. The molecule has 2 aromatic rings. The standard InChI is InChI=1S/C17H16F2N2O4/c1-23-13-6-8-14(9-7-13)24-11-16(22)21-20-10-12-2-4-15(5-3-12)25-17(18)19/h2-10,17H,11H2,1H3,(H,21,22)/b20-10-. The molecule has 1 N–H and O–H groups in total. The Labute approximate surface area is 143 Å². The molecule has 0 aliphatic carbocycles. The van der Waals surface area contributed by atoms with Crippen LogP contribution in [0.25, 0.3) is 0 Å². The summed E-state index contributed by atoms with van der Waals surface area (Å²) in [6.07, 6.45) is 1.37. The highest BCUT2D eigenvalue weighted by atomic mass is 19.3. The summed E-state index contributed by atoms with van der Waals surface area (Å²) in [6, 6.07) is 12.6. The van der Waals surface area contributed by atoms with Crippen LogP contribution in [0.1, 0.15) is 5.56 Å². The van der Waals surface area contributed by atoms with Crippen molar-refractivity contribution < 1.29 is 27.8 Å². The fourth-order valence-corrected chi connectivity index (χ4v) is 1.77. The second-order valence-electron chi connectivity index (χ2n) is 4.70. The lowest BCUT2D eigenvalue weighted by molar-refractivity contribution is -0.123. The van der Waals surface area contributed by atoms with E-state index in [0.29, 0.717) is 17.1 Å². The summed E-state index contributed by atoms with van der Waals surface area (Å²) in [7, 11) is 1.56. The second-order valence-corrected chi connectivity index (χ2v) is 4.70. The van der Waals surface area contributed by atoms with Gasteiger partial charge in [0.15, 0.2) is 6.61 Å². The molecule has 0 bridgehead atoms. The van der Waals surface area contributed by atoms with E-state index >= 15 is 0 Å². The molecule has 25 heavy (non-hydrogen) atoms. The van der Waals surface area contributed by atoms with Gasteiger partial charge in [-0.3, -0.25) is 4.79 Å². The number of hydrogen-bond donors (Lipinski definition) is 1. The Balaban J connectivity index is 1.75. The van der Waals surface area contributed by atoms with Crippen molar-refractivity contribution in [3.63, 3.8) is 0 Å². The molecule has 6 nitrogen and oxygen atoms in total. The number of alkyl halides is 2. The molecule has 2 rings (SSSR count). The van der Waals surface area contributed by atoms with Crippen LogP contribution in [0.15, 0.2) is 53.6 Å². The van der Waals surface area contributed by atoms with Gasteiger partial charge < -0.3 is 14.2 Å². The molecule has 0 fully saturated rings. The molecule has 1 amide bonds. The van der Waals surface area contributed by atoms with Gasteiger partial charge in [0.1, 0.15) is 17.2 Å². The summed E-state index contributed by atoms with van der Waals surface area (Å²) < 4.78 is 38.6. The second kappa shape index (κ2) is 9.21. The molecule has 0 aliphatic rings. The number of carbonyl (C=O) groups excluding carboxylic acids is 1. The van der Waals surface area contributed by atoms with Gasteiger partial charge in [0.05, 0.1) is 13.3 Å². The maximum absolute atomic E-state index is 12.0. The van der Waals surface area contributed by atoms with Crippen molar-refractivity contribution in [1.82, 2.24) is 5.43 Å². The van der Waals surface area contributed by atoms with Crippen LogP contribution >= 0.6 is 0 Å². The van der Waals surface area contributed by atoms with Gasteiger partial charge in [0.25, 0.3) is 5.91 Å². The maximum Gasteiger partial charge on any atom is 0.387 e. The van der Waals surface area contributed by atoms with Gasteiger partial charge in [-0.1, -0.05) is 0 Å². The molecular formula is C17H16F2N2O4. The third-order valence-corrected chi connectivity index (χ3v) is 2.94. The first-order valence-electron chi connectivity index (χ1n) is 7.20. The van der Waals surface area contributed by atoms with Gasteiger partial charge in [-0.25, -0.2) is 5.43 Å². The normalized spacial score (nSPS) is 10.7. The fourth-order valence-electron chi connectivity index (χ4n) is 1.77. The summed E-state index contributed by atoms with van der Waals surface area (Å²) in [5.74, 6) is 0.815. The van der Waals surface area contributed by atoms with E-state index in [1.807, 2.05) is 0 Å². The monoisotopic (exact) mass is 350 g/mol. The van der Waals surface area contributed by atoms with Crippen molar-refractivity contribution in [1.29, 1.82) is 0 Å². The summed E-state index contributed by atoms with van der Waals surface area (Å²) >= 11 is 0. The fraction of sp³-hybridized carbons (Fsp3) is 0.176. The Hall–Kier alpha value is -3.16. The van der Waals surface area contributed by atoms with Gasteiger partial charge in [0.2, 0.25) is 0 Å². The first-order chi connectivity index (χ1) is 12.1. The van der Waals surface area contributed by atoms with Crippen molar-refractivity contribution in [3.05, 3.63) is 54.1 Å². The molecule has 0 saturated carbocycles. The van der Waals surface area contributed by atoms with Gasteiger partial charge in [0, 0.05) is 0 Å². The highest BCUT2D eigenvalue weighted by Gasteiger charge is 2.04. The minimum absolute atomic E-state index is 0.0454. The number of nitrogens with one attached hydrogen (secondary N) is 1. The minimum Gasteiger partial charge on any atom is -0.497 e. The molecule has 0 unspecified atom stereocenters. The zero-order valence-corrected chi connectivity index (χ0v) is 13.3. The Morgan fingerprint density at radius 1 is 1.08 bits per heavy atom. The van der Waals surface area contributed by atoms with Crippen molar-refractivity contribution in [2.45, 2.75) is 6.61 Å². The first kappa shape index (κ1) is 18.2. The highest BCUT2D eigenvalue weighted by molar-refractivity contribution is 5.83. The van der Waals surface area contributed by atoms with Crippen LogP contribution in [0.4, 0.5) is 8.78 Å². The lowest BCUT2D eigenvalue weighted by atomic mass is 10.2. The molecule has 2 aromatic carbocycles. The van der Waals surface area contributed by atoms with E-state index in [-0.39, 0.29) is 12.4 Å². The van der Waals surface area contributed by atoms with Crippen molar-refractivity contribution in [3.8, 4) is 17.2 Å². The molecule has 0 aromatic heterocycles. The summed E-state index contributed by atoms with van der Waals surface area (Å²) in [5, 5.41) is 3.76. The lowest BCUT2D eigenvalue weighted by Crippen LogP contribution is -2.24. The van der Waals surface area contributed by atoms with Gasteiger partial charge >= 0.3 is 6.61 Å². The number of nitrogens with zero attached hydrogens (tertiary/aromatic N) is 1. The quantitative estimate of drug-likeness (QED) is 0.587. The number of methoxy groups -OCH3 is 1. The number of hydrogen-bond acceptors (Lipinski definition) is 5. The molecule has 0 radical (unpaired) electrons. The van der Waals surface area contributed by atoms with Crippen LogP contribution in [0.3, 0.4) is 0 Å². The van der Waals surface area contributed by atoms with E-state index in [9.17, 15) is 13.6 Å². The van der Waals surface area contributed by atoms with Crippen LogP contribution < -0.4 is 19.6 Å². The van der Waals surface area contributed by atoms with Crippen LogP contribution in [-0.2, 0) is 4.79 Å². The Bertz CT molecular complexity index is 704. The van der Waals surface area contributed by atoms with Gasteiger partial charge in [-0.15, -0.1) is 0 Å². The molecule has 0 spiro atoms. The smallest absolute Gasteiger partial charge is 0.387 e. The number of benzene rings is 2. The van der Waals surface area contributed by atoms with Crippen LogP contribution in [-0.4, -0.2) is 32.4 Å². The number of rotatable bonds is 8. The van der Waals surface area contributed by atoms with Crippen molar-refractivity contribution in [2.75, 3.05) is 13.7 Å².